The van der Waals surface area contributed by atoms with Crippen LogP contribution in [-0.2, 0) is 30.3 Å². The fourth-order valence-electron chi connectivity index (χ4n) is 3.30. The molecular formula is C27H32N2O8. The molecule has 0 spiro atoms. The van der Waals surface area contributed by atoms with E-state index in [0.717, 1.165) is 0 Å². The molecule has 0 aliphatic carbocycles. The maximum atomic E-state index is 13.1. The number of aliphatic hydroxyl groups excluding tert-OH is 1. The van der Waals surface area contributed by atoms with Gasteiger partial charge < -0.3 is 29.8 Å². The number of cyclic esters (lactones) is 2. The number of esters is 2. The van der Waals surface area contributed by atoms with E-state index in [0.29, 0.717) is 11.1 Å². The van der Waals surface area contributed by atoms with Crippen molar-refractivity contribution in [3.63, 3.8) is 0 Å². The highest BCUT2D eigenvalue weighted by atomic mass is 16.6. The van der Waals surface area contributed by atoms with Gasteiger partial charge in [0.15, 0.2) is 0 Å². The van der Waals surface area contributed by atoms with Crippen LogP contribution in [0.15, 0.2) is 71.6 Å². The highest BCUT2D eigenvalue weighted by Gasteiger charge is 2.24. The zero-order valence-electron chi connectivity index (χ0n) is 21.0. The first kappa shape index (κ1) is 29.1. The van der Waals surface area contributed by atoms with Gasteiger partial charge in [-0.05, 0) is 49.6 Å². The number of aromatic hydroxyl groups is 1. The molecule has 0 fully saturated rings. The number of benzene rings is 1. The number of rotatable bonds is 6. The Kier molecular flexibility index (Phi) is 11.8. The molecular weight excluding hydrogens is 480 g/mol. The standard InChI is InChI=1S/C27H32N2O8/c1-18-11-13-20-7-4-9-23(31)26(20)27(34)37-21(17-25(33)36-19(2)12-14-22(18)30)8-5-15-28-24(32)10-6-16-29-35-3/h4-7,9-12,14-16,19,21-22,30-31H,8,13,17H2,1-3H3,(H,28,32)/b10-6-,14-12-,15-5+,18-11-,29-16-. The van der Waals surface area contributed by atoms with E-state index >= 15 is 0 Å². The molecule has 1 amide bonds. The van der Waals surface area contributed by atoms with Crippen molar-refractivity contribution in [3.05, 3.63) is 77.6 Å². The Morgan fingerprint density at radius 2 is 2.05 bits per heavy atom. The number of hydrogen-bond acceptors (Lipinski definition) is 9. The molecule has 3 N–H and O–H groups in total. The first-order valence-corrected chi connectivity index (χ1v) is 11.6. The van der Waals surface area contributed by atoms with E-state index in [2.05, 4.69) is 15.3 Å². The molecule has 1 aliphatic heterocycles. The number of amides is 1. The number of carbonyl (C=O) groups is 3. The summed E-state index contributed by atoms with van der Waals surface area (Å²) in [5.74, 6) is -2.12. The van der Waals surface area contributed by atoms with Crippen LogP contribution < -0.4 is 5.32 Å². The largest absolute Gasteiger partial charge is 0.507 e. The molecule has 3 atom stereocenters. The number of allylic oxidation sites excluding steroid dienone is 2. The minimum atomic E-state index is -0.936. The third kappa shape index (κ3) is 10.1. The van der Waals surface area contributed by atoms with Gasteiger partial charge in [0.05, 0.1) is 18.7 Å². The third-order valence-corrected chi connectivity index (χ3v) is 5.24. The highest BCUT2D eigenvalue weighted by Crippen LogP contribution is 2.25. The molecule has 0 radical (unpaired) electrons. The van der Waals surface area contributed by atoms with Crippen LogP contribution in [0.2, 0.25) is 0 Å². The summed E-state index contributed by atoms with van der Waals surface area (Å²) in [5, 5.41) is 26.7. The van der Waals surface area contributed by atoms with Crippen LogP contribution in [0.1, 0.15) is 42.6 Å². The molecule has 1 aliphatic rings. The number of phenolic OH excluding ortho intramolecular Hbond substituents is 1. The summed E-state index contributed by atoms with van der Waals surface area (Å²) >= 11 is 0. The average Bonchev–Trinajstić information content (AvgIpc) is 2.85. The van der Waals surface area contributed by atoms with Gasteiger partial charge >= 0.3 is 11.9 Å². The maximum absolute atomic E-state index is 13.1. The lowest BCUT2D eigenvalue weighted by atomic mass is 10.0. The predicted molar refractivity (Wildman–Crippen MR) is 137 cm³/mol. The number of nitrogens with zero attached hydrogens (tertiary/aromatic N) is 1. The Morgan fingerprint density at radius 3 is 2.81 bits per heavy atom. The van der Waals surface area contributed by atoms with E-state index in [1.54, 1.807) is 38.1 Å². The first-order chi connectivity index (χ1) is 17.7. The molecule has 0 saturated heterocycles. The number of nitrogens with one attached hydrogen (secondary N) is 1. The Balaban J connectivity index is 2.25. The zero-order chi connectivity index (χ0) is 27.2. The molecule has 198 valence electrons. The topological polar surface area (TPSA) is 144 Å². The number of oxime groups is 1. The van der Waals surface area contributed by atoms with Gasteiger partial charge in [0.1, 0.15) is 30.6 Å². The van der Waals surface area contributed by atoms with Crippen LogP contribution in [0, 0.1) is 0 Å². The van der Waals surface area contributed by atoms with Crippen LogP contribution in [-0.4, -0.2) is 59.7 Å². The van der Waals surface area contributed by atoms with Gasteiger partial charge in [0.25, 0.3) is 0 Å². The molecule has 1 aromatic carbocycles. The molecule has 10 nitrogen and oxygen atoms in total. The van der Waals surface area contributed by atoms with Crippen LogP contribution in [0.4, 0.5) is 0 Å². The van der Waals surface area contributed by atoms with Gasteiger partial charge in [0, 0.05) is 18.7 Å². The summed E-state index contributed by atoms with van der Waals surface area (Å²) in [4.78, 5) is 41.9. The second-order valence-corrected chi connectivity index (χ2v) is 8.16. The number of ether oxygens (including phenoxy) is 2. The number of aliphatic hydroxyl groups is 1. The summed E-state index contributed by atoms with van der Waals surface area (Å²) in [6.07, 6.45) is 9.26. The number of hydrogen-bond donors (Lipinski definition) is 3. The molecule has 2 rings (SSSR count). The van der Waals surface area contributed by atoms with E-state index in [9.17, 15) is 24.6 Å². The Hall–Kier alpha value is -4.18. The molecule has 0 bridgehead atoms. The lowest BCUT2D eigenvalue weighted by molar-refractivity contribution is -0.148. The molecule has 0 saturated carbocycles. The van der Waals surface area contributed by atoms with Gasteiger partial charge in [0.2, 0.25) is 5.91 Å². The Bertz CT molecular complexity index is 1100. The van der Waals surface area contributed by atoms with Crippen LogP contribution in [0.3, 0.4) is 0 Å². The van der Waals surface area contributed by atoms with Gasteiger partial charge in [-0.15, -0.1) is 0 Å². The van der Waals surface area contributed by atoms with Gasteiger partial charge in [-0.25, -0.2) is 4.79 Å². The maximum Gasteiger partial charge on any atom is 0.342 e. The number of fused-ring (bicyclic) bond motifs is 1. The Labute approximate surface area is 215 Å². The van der Waals surface area contributed by atoms with Crippen molar-refractivity contribution >= 4 is 24.1 Å². The van der Waals surface area contributed by atoms with Crippen molar-refractivity contribution in [3.8, 4) is 5.75 Å². The average molecular weight is 513 g/mol. The molecule has 1 aromatic rings. The third-order valence-electron chi connectivity index (χ3n) is 5.24. The smallest absolute Gasteiger partial charge is 0.342 e. The fraction of sp³-hybridized carbons (Fsp3) is 0.333. The minimum absolute atomic E-state index is 0.0293. The van der Waals surface area contributed by atoms with Crippen LogP contribution in [0.5, 0.6) is 5.75 Å². The Morgan fingerprint density at radius 1 is 1.27 bits per heavy atom. The van der Waals surface area contributed by atoms with E-state index in [-0.39, 0.29) is 30.6 Å². The molecule has 0 aromatic heterocycles. The van der Waals surface area contributed by atoms with Crippen molar-refractivity contribution in [2.24, 2.45) is 5.16 Å². The van der Waals surface area contributed by atoms with E-state index in [1.807, 2.05) is 0 Å². The van der Waals surface area contributed by atoms with E-state index in [1.165, 1.54) is 49.9 Å². The van der Waals surface area contributed by atoms with E-state index < -0.39 is 36.2 Å². The summed E-state index contributed by atoms with van der Waals surface area (Å²) in [6.45, 7) is 3.38. The SMILES string of the molecule is CO/N=C\C=C/C(=O)N/C=C/CC1CC(=O)OC(C)/C=C\C(O)/C(C)=C\Cc2cccc(O)c2C(=O)O1. The summed E-state index contributed by atoms with van der Waals surface area (Å²) in [6, 6.07) is 4.65. The predicted octanol–water partition coefficient (Wildman–Crippen LogP) is 2.87. The number of carbonyl (C=O) groups excluding carboxylic acids is 3. The monoisotopic (exact) mass is 512 g/mol. The number of phenols is 1. The molecule has 37 heavy (non-hydrogen) atoms. The van der Waals surface area contributed by atoms with Gasteiger partial charge in [-0.2, -0.15) is 0 Å². The van der Waals surface area contributed by atoms with Crippen molar-refractivity contribution < 1.29 is 38.9 Å². The summed E-state index contributed by atoms with van der Waals surface area (Å²) in [5.41, 5.74) is 1.09. The minimum Gasteiger partial charge on any atom is -0.507 e. The lowest BCUT2D eigenvalue weighted by Crippen LogP contribution is -2.25. The summed E-state index contributed by atoms with van der Waals surface area (Å²) < 4.78 is 10.9. The first-order valence-electron chi connectivity index (χ1n) is 11.6. The second-order valence-electron chi connectivity index (χ2n) is 8.16. The highest BCUT2D eigenvalue weighted by molar-refractivity contribution is 5.94. The fourth-order valence-corrected chi connectivity index (χ4v) is 3.30. The lowest BCUT2D eigenvalue weighted by Gasteiger charge is -2.18. The van der Waals surface area contributed by atoms with Crippen LogP contribution in [0.25, 0.3) is 0 Å². The van der Waals surface area contributed by atoms with Gasteiger partial charge in [-0.3, -0.25) is 9.59 Å². The van der Waals surface area contributed by atoms with Crippen molar-refractivity contribution in [2.45, 2.75) is 51.4 Å². The second kappa shape index (κ2) is 15.0. The normalized spacial score (nSPS) is 23.9. The van der Waals surface area contributed by atoms with Crippen molar-refractivity contribution in [1.29, 1.82) is 0 Å². The molecule has 3 unspecified atom stereocenters. The van der Waals surface area contributed by atoms with Crippen LogP contribution >= 0.6 is 0 Å². The molecule has 1 heterocycles. The molecule has 10 heteroatoms. The summed E-state index contributed by atoms with van der Waals surface area (Å²) in [7, 11) is 1.38. The van der Waals surface area contributed by atoms with Crippen molar-refractivity contribution in [1.82, 2.24) is 5.32 Å². The van der Waals surface area contributed by atoms with Gasteiger partial charge in [-0.1, -0.05) is 35.5 Å². The van der Waals surface area contributed by atoms with Crippen molar-refractivity contribution in [2.75, 3.05) is 7.11 Å². The quantitative estimate of drug-likeness (QED) is 0.174. The zero-order valence-corrected chi connectivity index (χ0v) is 21.0. The van der Waals surface area contributed by atoms with E-state index in [4.69, 9.17) is 9.47 Å².